The van der Waals surface area contributed by atoms with E-state index in [1.165, 1.54) is 6.20 Å². The minimum Gasteiger partial charge on any atom is -0.455 e. The van der Waals surface area contributed by atoms with E-state index in [4.69, 9.17) is 4.74 Å². The Bertz CT molecular complexity index is 1130. The van der Waals surface area contributed by atoms with E-state index in [2.05, 4.69) is 25.4 Å². The Morgan fingerprint density at radius 3 is 2.88 bits per heavy atom. The molecule has 0 fully saturated rings. The van der Waals surface area contributed by atoms with Crippen LogP contribution in [0, 0.1) is 6.92 Å². The summed E-state index contributed by atoms with van der Waals surface area (Å²) in [6.45, 7) is 1.94. The summed E-state index contributed by atoms with van der Waals surface area (Å²) in [6.07, 6.45) is 4.85. The summed E-state index contributed by atoms with van der Waals surface area (Å²) in [5, 5.41) is 7.62. The summed E-state index contributed by atoms with van der Waals surface area (Å²) in [6, 6.07) is 9.28. The Hall–Kier alpha value is -3.68. The van der Waals surface area contributed by atoms with Gasteiger partial charge in [0.15, 0.2) is 5.65 Å². The van der Waals surface area contributed by atoms with Crippen LogP contribution in [0.1, 0.15) is 5.56 Å². The van der Waals surface area contributed by atoms with Crippen LogP contribution in [0.5, 0.6) is 11.5 Å². The van der Waals surface area contributed by atoms with Crippen LogP contribution in [0.15, 0.2) is 53.7 Å². The Morgan fingerprint density at radius 1 is 1.23 bits per heavy atom. The topological polar surface area (TPSA) is 97.7 Å². The minimum atomic E-state index is -0.237. The second-order valence-corrected chi connectivity index (χ2v) is 5.82. The maximum Gasteiger partial charge on any atom is 0.263 e. The number of aromatic amines is 1. The first-order chi connectivity index (χ1) is 12.6. The lowest BCUT2D eigenvalue weighted by Gasteiger charge is -2.11. The molecule has 0 bridgehead atoms. The Labute approximate surface area is 148 Å². The van der Waals surface area contributed by atoms with Crippen LogP contribution >= 0.6 is 0 Å². The van der Waals surface area contributed by atoms with E-state index < -0.39 is 0 Å². The van der Waals surface area contributed by atoms with E-state index in [1.807, 2.05) is 37.3 Å². The lowest BCUT2D eigenvalue weighted by molar-refractivity contribution is 0.476. The van der Waals surface area contributed by atoms with Crippen LogP contribution in [0.25, 0.3) is 11.0 Å². The van der Waals surface area contributed by atoms with Gasteiger partial charge in [0.25, 0.3) is 5.56 Å². The van der Waals surface area contributed by atoms with Gasteiger partial charge in [0, 0.05) is 18.9 Å². The first-order valence-corrected chi connectivity index (χ1v) is 7.98. The molecule has 0 radical (unpaired) electrons. The van der Waals surface area contributed by atoms with Gasteiger partial charge in [0.1, 0.15) is 16.9 Å². The van der Waals surface area contributed by atoms with Crippen LogP contribution < -0.4 is 15.6 Å². The lowest BCUT2D eigenvalue weighted by Crippen LogP contribution is -2.11. The Morgan fingerprint density at radius 2 is 2.12 bits per heavy atom. The third kappa shape index (κ3) is 3.00. The second-order valence-electron chi connectivity index (χ2n) is 5.82. The second kappa shape index (κ2) is 6.32. The van der Waals surface area contributed by atoms with E-state index in [0.29, 0.717) is 22.7 Å². The fourth-order valence-electron chi connectivity index (χ4n) is 2.60. The number of benzene rings is 1. The standard InChI is InChI=1S/C18H16N6O2/c1-11-8-12(5-6-15(11)26-13-4-3-7-19-9-13)21-18-22-16-14(17(25)23-18)10-20-24(16)2/h3-10H,1-2H3,(H2,21,22,23,25). The predicted molar refractivity (Wildman–Crippen MR) is 97.9 cm³/mol. The van der Waals surface area contributed by atoms with Crippen molar-refractivity contribution < 1.29 is 4.74 Å². The van der Waals surface area contributed by atoms with Crippen LogP contribution in [0.2, 0.25) is 0 Å². The molecule has 26 heavy (non-hydrogen) atoms. The molecule has 1 aromatic carbocycles. The number of rotatable bonds is 4. The molecule has 0 amide bonds. The van der Waals surface area contributed by atoms with Gasteiger partial charge >= 0.3 is 0 Å². The van der Waals surface area contributed by atoms with Crippen LogP contribution in [-0.4, -0.2) is 24.7 Å². The summed E-state index contributed by atoms with van der Waals surface area (Å²) in [5.74, 6) is 1.75. The van der Waals surface area contributed by atoms with Gasteiger partial charge in [0.2, 0.25) is 5.95 Å². The van der Waals surface area contributed by atoms with Crippen LogP contribution in [0.4, 0.5) is 11.6 Å². The molecule has 0 unspecified atom stereocenters. The van der Waals surface area contributed by atoms with E-state index in [1.54, 1.807) is 24.1 Å². The average Bonchev–Trinajstić information content (AvgIpc) is 3.00. The summed E-state index contributed by atoms with van der Waals surface area (Å²) < 4.78 is 7.38. The summed E-state index contributed by atoms with van der Waals surface area (Å²) >= 11 is 0. The molecular formula is C18H16N6O2. The summed E-state index contributed by atoms with van der Waals surface area (Å²) in [5.41, 5.74) is 2.00. The van der Waals surface area contributed by atoms with E-state index >= 15 is 0 Å². The first-order valence-electron chi connectivity index (χ1n) is 7.98. The number of nitrogens with zero attached hydrogens (tertiary/aromatic N) is 4. The average molecular weight is 348 g/mol. The normalized spacial score (nSPS) is 10.8. The third-order valence-corrected chi connectivity index (χ3v) is 3.90. The summed E-state index contributed by atoms with van der Waals surface area (Å²) in [4.78, 5) is 23.3. The molecule has 4 aromatic rings. The molecule has 8 heteroatoms. The van der Waals surface area contributed by atoms with Crippen molar-refractivity contribution in [2.45, 2.75) is 6.92 Å². The smallest absolute Gasteiger partial charge is 0.263 e. The largest absolute Gasteiger partial charge is 0.455 e. The number of pyridine rings is 1. The molecule has 8 nitrogen and oxygen atoms in total. The molecule has 4 rings (SSSR count). The highest BCUT2D eigenvalue weighted by Crippen LogP contribution is 2.27. The summed E-state index contributed by atoms with van der Waals surface area (Å²) in [7, 11) is 1.74. The number of hydrogen-bond donors (Lipinski definition) is 2. The van der Waals surface area contributed by atoms with Gasteiger partial charge in [-0.25, -0.2) is 0 Å². The van der Waals surface area contributed by atoms with Gasteiger partial charge in [0.05, 0.1) is 12.4 Å². The number of anilines is 2. The van der Waals surface area contributed by atoms with E-state index in [9.17, 15) is 4.79 Å². The SMILES string of the molecule is Cc1cc(Nc2nc3c(cnn3C)c(=O)[nH]2)ccc1Oc1cccnc1. The van der Waals surface area contributed by atoms with Crippen molar-refractivity contribution in [2.75, 3.05) is 5.32 Å². The highest BCUT2D eigenvalue weighted by Gasteiger charge is 2.09. The number of aromatic nitrogens is 5. The van der Waals surface area contributed by atoms with Gasteiger partial charge in [-0.15, -0.1) is 0 Å². The molecule has 0 aliphatic heterocycles. The fraction of sp³-hybridized carbons (Fsp3) is 0.111. The van der Waals surface area contributed by atoms with E-state index in [0.717, 1.165) is 17.0 Å². The predicted octanol–water partition coefficient (Wildman–Crippen LogP) is 2.90. The number of aryl methyl sites for hydroxylation is 2. The molecule has 3 heterocycles. The molecule has 3 aromatic heterocycles. The molecular weight excluding hydrogens is 332 g/mol. The maximum atomic E-state index is 12.1. The molecule has 2 N–H and O–H groups in total. The van der Waals surface area contributed by atoms with Crippen molar-refractivity contribution in [3.8, 4) is 11.5 Å². The number of hydrogen-bond acceptors (Lipinski definition) is 6. The first kappa shape index (κ1) is 15.8. The number of ether oxygens (including phenoxy) is 1. The van der Waals surface area contributed by atoms with Gasteiger partial charge in [-0.2, -0.15) is 10.1 Å². The van der Waals surface area contributed by atoms with Crippen LogP contribution in [-0.2, 0) is 7.05 Å². The quantitative estimate of drug-likeness (QED) is 0.588. The number of nitrogens with one attached hydrogen (secondary N) is 2. The molecule has 0 saturated carbocycles. The highest BCUT2D eigenvalue weighted by molar-refractivity contribution is 5.75. The maximum absolute atomic E-state index is 12.1. The minimum absolute atomic E-state index is 0.237. The Kier molecular flexibility index (Phi) is 3.85. The monoisotopic (exact) mass is 348 g/mol. The van der Waals surface area contributed by atoms with Crippen molar-refractivity contribution in [3.63, 3.8) is 0 Å². The van der Waals surface area contributed by atoms with Gasteiger partial charge in [-0.1, -0.05) is 0 Å². The molecule has 0 spiro atoms. The molecule has 0 saturated heterocycles. The Balaban J connectivity index is 1.60. The van der Waals surface area contributed by atoms with Gasteiger partial charge in [-0.05, 0) is 42.8 Å². The zero-order valence-electron chi connectivity index (χ0n) is 14.2. The zero-order valence-corrected chi connectivity index (χ0v) is 14.2. The molecule has 130 valence electrons. The fourth-order valence-corrected chi connectivity index (χ4v) is 2.60. The van der Waals surface area contributed by atoms with Crippen molar-refractivity contribution in [1.82, 2.24) is 24.7 Å². The van der Waals surface area contributed by atoms with Crippen molar-refractivity contribution in [3.05, 3.63) is 64.8 Å². The van der Waals surface area contributed by atoms with Gasteiger partial charge in [-0.3, -0.25) is 19.4 Å². The number of fused-ring (bicyclic) bond motifs is 1. The lowest BCUT2D eigenvalue weighted by atomic mass is 10.2. The van der Waals surface area contributed by atoms with E-state index in [-0.39, 0.29) is 5.56 Å². The van der Waals surface area contributed by atoms with Crippen molar-refractivity contribution >= 4 is 22.7 Å². The molecule has 0 aliphatic carbocycles. The molecule has 0 aliphatic rings. The third-order valence-electron chi connectivity index (χ3n) is 3.90. The van der Waals surface area contributed by atoms with Crippen molar-refractivity contribution in [2.24, 2.45) is 7.05 Å². The van der Waals surface area contributed by atoms with Crippen molar-refractivity contribution in [1.29, 1.82) is 0 Å². The zero-order chi connectivity index (χ0) is 18.1. The highest BCUT2D eigenvalue weighted by atomic mass is 16.5. The molecule has 0 atom stereocenters. The van der Waals surface area contributed by atoms with Crippen LogP contribution in [0.3, 0.4) is 0 Å². The van der Waals surface area contributed by atoms with Gasteiger partial charge < -0.3 is 10.1 Å². The number of H-pyrrole nitrogens is 1.